The Hall–Kier alpha value is -1.44. The van der Waals surface area contributed by atoms with Gasteiger partial charge in [-0.25, -0.2) is 4.79 Å². The van der Waals surface area contributed by atoms with Gasteiger partial charge < -0.3 is 23.7 Å². The lowest BCUT2D eigenvalue weighted by Crippen LogP contribution is -2.69. The highest BCUT2D eigenvalue weighted by atomic mass is 16.7. The van der Waals surface area contributed by atoms with Crippen molar-refractivity contribution in [3.63, 3.8) is 0 Å². The van der Waals surface area contributed by atoms with Crippen LogP contribution >= 0.6 is 0 Å². The predicted molar refractivity (Wildman–Crippen MR) is 109 cm³/mol. The number of methoxy groups -OCH3 is 2. The first-order chi connectivity index (χ1) is 14.9. The number of esters is 2. The van der Waals surface area contributed by atoms with E-state index in [1.807, 2.05) is 6.92 Å². The molecule has 7 nitrogen and oxygen atoms in total. The number of ether oxygens (including phenoxy) is 5. The van der Waals surface area contributed by atoms with Crippen molar-refractivity contribution in [1.82, 2.24) is 0 Å². The molecular formula is C24H34O7. The van der Waals surface area contributed by atoms with E-state index in [9.17, 15) is 9.59 Å². The van der Waals surface area contributed by atoms with Gasteiger partial charge in [-0.3, -0.25) is 4.79 Å². The van der Waals surface area contributed by atoms with Crippen molar-refractivity contribution in [1.29, 1.82) is 0 Å². The Labute approximate surface area is 183 Å². The lowest BCUT2D eigenvalue weighted by Gasteiger charge is -2.67. The van der Waals surface area contributed by atoms with Crippen molar-refractivity contribution in [2.24, 2.45) is 34.5 Å². The van der Waals surface area contributed by atoms with Gasteiger partial charge in [-0.05, 0) is 56.3 Å². The summed E-state index contributed by atoms with van der Waals surface area (Å²) in [7, 11) is 3.18. The maximum atomic E-state index is 13.1. The predicted octanol–water partition coefficient (Wildman–Crippen LogP) is 3.22. The van der Waals surface area contributed by atoms with Crippen LogP contribution in [0.4, 0.5) is 0 Å². The van der Waals surface area contributed by atoms with Crippen LogP contribution in [0.25, 0.3) is 0 Å². The van der Waals surface area contributed by atoms with E-state index < -0.39 is 17.5 Å². The molecule has 2 aliphatic heterocycles. The number of hydrogen-bond donors (Lipinski definition) is 0. The fraction of sp³-hybridized carbons (Fsp3) is 0.833. The third kappa shape index (κ3) is 2.63. The largest absolute Gasteiger partial charge is 0.469 e. The molecule has 7 heteroatoms. The van der Waals surface area contributed by atoms with E-state index in [0.717, 1.165) is 37.7 Å². The van der Waals surface area contributed by atoms with Gasteiger partial charge in [-0.15, -0.1) is 0 Å². The number of carbonyl (C=O) groups is 2. The monoisotopic (exact) mass is 434 g/mol. The van der Waals surface area contributed by atoms with Gasteiger partial charge in [0.1, 0.15) is 0 Å². The van der Waals surface area contributed by atoms with E-state index in [4.69, 9.17) is 23.7 Å². The molecule has 1 saturated heterocycles. The summed E-state index contributed by atoms with van der Waals surface area (Å²) in [6.45, 7) is 4.93. The lowest BCUT2D eigenvalue weighted by atomic mass is 9.40. The zero-order chi connectivity index (χ0) is 22.0. The fourth-order valence-electron chi connectivity index (χ4n) is 8.31. The van der Waals surface area contributed by atoms with Crippen LogP contribution in [-0.2, 0) is 33.3 Å². The van der Waals surface area contributed by atoms with Crippen molar-refractivity contribution in [3.05, 3.63) is 11.6 Å². The molecular weight excluding hydrogens is 400 g/mol. The van der Waals surface area contributed by atoms with E-state index in [0.29, 0.717) is 25.6 Å². The van der Waals surface area contributed by atoms with Crippen LogP contribution in [0.1, 0.15) is 52.4 Å². The number of rotatable bonds is 4. The Balaban J connectivity index is 1.63. The van der Waals surface area contributed by atoms with Gasteiger partial charge in [-0.2, -0.15) is 0 Å². The van der Waals surface area contributed by atoms with Crippen molar-refractivity contribution in [3.8, 4) is 0 Å². The van der Waals surface area contributed by atoms with Gasteiger partial charge in [0.25, 0.3) is 0 Å². The molecule has 0 N–H and O–H groups in total. The zero-order valence-corrected chi connectivity index (χ0v) is 19.0. The first-order valence-corrected chi connectivity index (χ1v) is 11.7. The fourth-order valence-corrected chi connectivity index (χ4v) is 8.31. The molecule has 0 aromatic carbocycles. The van der Waals surface area contributed by atoms with Crippen LogP contribution in [-0.4, -0.2) is 51.4 Å². The van der Waals surface area contributed by atoms with E-state index in [-0.39, 0.29) is 35.1 Å². The summed E-state index contributed by atoms with van der Waals surface area (Å²) in [4.78, 5) is 25.5. The minimum absolute atomic E-state index is 0.120. The van der Waals surface area contributed by atoms with Gasteiger partial charge in [0.2, 0.25) is 5.79 Å². The molecule has 0 aromatic rings. The molecule has 3 aliphatic carbocycles. The number of hydrogen-bond acceptors (Lipinski definition) is 7. The smallest absolute Gasteiger partial charge is 0.333 e. The second kappa shape index (κ2) is 7.29. The van der Waals surface area contributed by atoms with Crippen LogP contribution in [0.3, 0.4) is 0 Å². The van der Waals surface area contributed by atoms with Crippen molar-refractivity contribution >= 4 is 11.9 Å². The van der Waals surface area contributed by atoms with Gasteiger partial charge in [0, 0.05) is 37.2 Å². The van der Waals surface area contributed by atoms with E-state index >= 15 is 0 Å². The Morgan fingerprint density at radius 2 is 2.06 bits per heavy atom. The topological polar surface area (TPSA) is 80.3 Å². The Morgan fingerprint density at radius 3 is 2.77 bits per heavy atom. The normalized spacial score (nSPS) is 48.1. The van der Waals surface area contributed by atoms with Gasteiger partial charge in [0.05, 0.1) is 19.1 Å². The van der Waals surface area contributed by atoms with Crippen LogP contribution in [0, 0.1) is 34.5 Å². The third-order valence-corrected chi connectivity index (χ3v) is 9.26. The van der Waals surface area contributed by atoms with E-state index in [2.05, 4.69) is 6.92 Å². The highest BCUT2D eigenvalue weighted by Gasteiger charge is 2.72. The minimum Gasteiger partial charge on any atom is -0.469 e. The van der Waals surface area contributed by atoms with Gasteiger partial charge >= 0.3 is 11.9 Å². The molecule has 5 rings (SSSR count). The van der Waals surface area contributed by atoms with E-state index in [1.165, 1.54) is 7.11 Å². The molecule has 172 valence electrons. The zero-order valence-electron chi connectivity index (χ0n) is 19.0. The number of carbonyl (C=O) groups excluding carboxylic acids is 2. The first-order valence-electron chi connectivity index (χ1n) is 11.7. The highest BCUT2D eigenvalue weighted by molar-refractivity contribution is 5.86. The molecule has 3 saturated carbocycles. The van der Waals surface area contributed by atoms with Crippen LogP contribution in [0.2, 0.25) is 0 Å². The van der Waals surface area contributed by atoms with Crippen LogP contribution < -0.4 is 0 Å². The Kier molecular flexibility index (Phi) is 5.03. The average Bonchev–Trinajstić information content (AvgIpc) is 3.09. The average molecular weight is 435 g/mol. The second-order valence-electron chi connectivity index (χ2n) is 10.1. The minimum atomic E-state index is -1.01. The molecule has 4 fully saturated rings. The molecule has 2 bridgehead atoms. The summed E-state index contributed by atoms with van der Waals surface area (Å²) in [6, 6.07) is 0. The molecule has 0 aromatic heterocycles. The summed E-state index contributed by atoms with van der Waals surface area (Å²) in [6.07, 6.45) is 6.42. The van der Waals surface area contributed by atoms with E-state index in [1.54, 1.807) is 13.2 Å². The quantitative estimate of drug-likeness (QED) is 0.629. The van der Waals surface area contributed by atoms with Crippen molar-refractivity contribution in [2.75, 3.05) is 27.4 Å². The summed E-state index contributed by atoms with van der Waals surface area (Å²) in [5.74, 6) is -0.700. The molecule has 0 unspecified atom stereocenters. The second-order valence-corrected chi connectivity index (χ2v) is 10.1. The molecule has 2 heterocycles. The first kappa shape index (κ1) is 21.4. The highest BCUT2D eigenvalue weighted by Crippen LogP contribution is 2.70. The third-order valence-electron chi connectivity index (χ3n) is 9.26. The molecule has 0 amide bonds. The Bertz CT molecular complexity index is 808. The molecule has 0 spiro atoms. The standard InChI is InChI=1S/C24H34O7/c1-5-30-24-12-17-15(14(2)16(24)11-19(25)31-24)7-8-18-22(20(26)27-3)9-6-10-23(17,18)21(28-4)29-13-22/h11,14-15,17-18,21H,5-10,12-13H2,1-4H3/t14-,15+,17+,18+,21+,22+,23-,24-/m1/s1. The van der Waals surface area contributed by atoms with Gasteiger partial charge in [-0.1, -0.05) is 13.3 Å². The summed E-state index contributed by atoms with van der Waals surface area (Å²) in [5.41, 5.74) is 0.00910. The van der Waals surface area contributed by atoms with Gasteiger partial charge in [0.15, 0.2) is 6.29 Å². The Morgan fingerprint density at radius 1 is 1.26 bits per heavy atom. The molecule has 31 heavy (non-hydrogen) atoms. The van der Waals surface area contributed by atoms with Crippen molar-refractivity contribution < 1.29 is 33.3 Å². The number of fused-ring (bicyclic) bond motifs is 2. The molecule has 0 radical (unpaired) electrons. The maximum Gasteiger partial charge on any atom is 0.333 e. The van der Waals surface area contributed by atoms with Crippen LogP contribution in [0.15, 0.2) is 11.6 Å². The SMILES string of the molecule is CCO[C@@]12C[C@H]3[C@@H](CC[C@H]4[C@]5(C(=O)OC)CCC[C@@]34[C@@H](OC)OC5)[C@@H](C)C1=CC(=O)O2. The van der Waals surface area contributed by atoms with Crippen molar-refractivity contribution in [2.45, 2.75) is 64.4 Å². The summed E-state index contributed by atoms with van der Waals surface area (Å²) >= 11 is 0. The molecule has 8 atom stereocenters. The van der Waals surface area contributed by atoms with Crippen LogP contribution in [0.5, 0.6) is 0 Å². The summed E-state index contributed by atoms with van der Waals surface area (Å²) in [5, 5.41) is 0. The molecule has 5 aliphatic rings. The maximum absolute atomic E-state index is 13.1. The summed E-state index contributed by atoms with van der Waals surface area (Å²) < 4.78 is 29.6. The lowest BCUT2D eigenvalue weighted by molar-refractivity contribution is -0.339.